The summed E-state index contributed by atoms with van der Waals surface area (Å²) in [6.07, 6.45) is 7.10. The van der Waals surface area contributed by atoms with Gasteiger partial charge in [0.15, 0.2) is 0 Å². The molecule has 2 aliphatic rings. The van der Waals surface area contributed by atoms with Gasteiger partial charge in [-0.15, -0.1) is 5.11 Å². The SMILES string of the molecule is CCc1cc(N=NC2=C3C=CC(=S(=O)(O)O)C=C3C=CC2=O)cc([N+](=O)[O-])c1. The minimum absolute atomic E-state index is 0.0176. The number of rotatable bonds is 4. The number of carbonyl (C=O) groups is 1. The van der Waals surface area contributed by atoms with Gasteiger partial charge in [0.2, 0.25) is 15.9 Å². The van der Waals surface area contributed by atoms with Gasteiger partial charge in [0, 0.05) is 17.7 Å². The Balaban J connectivity index is 2.05. The lowest BCUT2D eigenvalue weighted by Crippen LogP contribution is -2.14. The van der Waals surface area contributed by atoms with Crippen LogP contribution >= 0.6 is 0 Å². The predicted octanol–water partition coefficient (Wildman–Crippen LogP) is 3.53. The molecule has 0 saturated carbocycles. The lowest BCUT2D eigenvalue weighted by molar-refractivity contribution is -0.384. The number of nitrogens with zero attached hydrogens (tertiary/aromatic N) is 3. The van der Waals surface area contributed by atoms with Crippen molar-refractivity contribution in [2.24, 2.45) is 10.2 Å². The molecule has 3 rings (SSSR count). The highest BCUT2D eigenvalue weighted by Gasteiger charge is 2.22. The number of ketones is 1. The number of hydrogen-bond acceptors (Lipinski definition) is 6. The summed E-state index contributed by atoms with van der Waals surface area (Å²) in [7, 11) is -4.14. The minimum atomic E-state index is -4.14. The van der Waals surface area contributed by atoms with Gasteiger partial charge >= 0.3 is 0 Å². The molecular formula is C18H15N3O6S. The zero-order valence-corrected chi connectivity index (χ0v) is 15.4. The van der Waals surface area contributed by atoms with E-state index in [-0.39, 0.29) is 21.9 Å². The van der Waals surface area contributed by atoms with Gasteiger partial charge in [-0.3, -0.25) is 24.0 Å². The second kappa shape index (κ2) is 7.43. The Hall–Kier alpha value is -3.21. The lowest BCUT2D eigenvalue weighted by atomic mass is 9.92. The highest BCUT2D eigenvalue weighted by atomic mass is 32.2. The van der Waals surface area contributed by atoms with Crippen molar-refractivity contribution >= 4 is 32.1 Å². The van der Waals surface area contributed by atoms with Crippen LogP contribution in [0.3, 0.4) is 0 Å². The highest BCUT2D eigenvalue weighted by Crippen LogP contribution is 2.30. The van der Waals surface area contributed by atoms with Crippen molar-refractivity contribution in [3.63, 3.8) is 0 Å². The maximum absolute atomic E-state index is 12.2. The molecule has 28 heavy (non-hydrogen) atoms. The second-order valence-electron chi connectivity index (χ2n) is 5.96. The Morgan fingerprint density at radius 3 is 2.50 bits per heavy atom. The van der Waals surface area contributed by atoms with E-state index in [4.69, 9.17) is 0 Å². The number of fused-ring (bicyclic) bond motifs is 1. The third kappa shape index (κ3) is 4.03. The molecule has 0 unspecified atom stereocenters. The predicted molar refractivity (Wildman–Crippen MR) is 104 cm³/mol. The minimum Gasteiger partial charge on any atom is -0.293 e. The van der Waals surface area contributed by atoms with Crippen LogP contribution < -0.4 is 0 Å². The molecule has 0 bridgehead atoms. The standard InChI is InChI=1S/C18H15N3O6S/c1-2-11-7-13(10-14(8-11)21(23)24)19-20-18-16-5-4-15(28(25,26)27)9-12(16)3-6-17(18)22/h3-10H,2H2,1H3,(H2,25,26,27). The maximum Gasteiger partial charge on any atom is 0.271 e. The Morgan fingerprint density at radius 2 is 1.86 bits per heavy atom. The number of hydrogen-bond donors (Lipinski definition) is 2. The molecule has 0 atom stereocenters. The first-order valence-electron chi connectivity index (χ1n) is 8.12. The maximum atomic E-state index is 12.2. The van der Waals surface area contributed by atoms with E-state index in [1.54, 1.807) is 6.07 Å². The molecule has 0 saturated heterocycles. The molecule has 10 heteroatoms. The number of carbonyl (C=O) groups excluding carboxylic acids is 1. The molecule has 2 aliphatic carbocycles. The summed E-state index contributed by atoms with van der Waals surface area (Å²) in [6.45, 7) is 1.85. The molecule has 0 spiro atoms. The van der Waals surface area contributed by atoms with Crippen LogP contribution in [0.5, 0.6) is 0 Å². The Labute approximate surface area is 160 Å². The van der Waals surface area contributed by atoms with Gasteiger partial charge in [0.1, 0.15) is 5.70 Å². The smallest absolute Gasteiger partial charge is 0.271 e. The van der Waals surface area contributed by atoms with Gasteiger partial charge in [-0.1, -0.05) is 19.1 Å². The van der Waals surface area contributed by atoms with E-state index in [1.165, 1.54) is 42.5 Å². The van der Waals surface area contributed by atoms with Gasteiger partial charge in [0.05, 0.1) is 15.5 Å². The fourth-order valence-electron chi connectivity index (χ4n) is 2.67. The number of non-ortho nitro benzene ring substituents is 1. The van der Waals surface area contributed by atoms with Crippen LogP contribution in [0.1, 0.15) is 12.5 Å². The van der Waals surface area contributed by atoms with Gasteiger partial charge < -0.3 is 0 Å². The van der Waals surface area contributed by atoms with E-state index in [0.29, 0.717) is 23.1 Å². The van der Waals surface area contributed by atoms with Crippen molar-refractivity contribution in [3.8, 4) is 0 Å². The Morgan fingerprint density at radius 1 is 1.11 bits per heavy atom. The molecule has 0 heterocycles. The number of benzene rings is 1. The number of nitro benzene ring substituents is 1. The lowest BCUT2D eigenvalue weighted by Gasteiger charge is -2.16. The van der Waals surface area contributed by atoms with E-state index in [2.05, 4.69) is 10.2 Å². The second-order valence-corrected chi connectivity index (χ2v) is 7.42. The molecule has 0 aliphatic heterocycles. The molecule has 2 N–H and O–H groups in total. The topological polar surface area (TPSA) is 142 Å². The Kier molecular flexibility index (Phi) is 5.18. The van der Waals surface area contributed by atoms with Crippen LogP contribution in [0.15, 0.2) is 75.7 Å². The molecule has 0 radical (unpaired) electrons. The normalized spacial score (nSPS) is 16.6. The van der Waals surface area contributed by atoms with Crippen molar-refractivity contribution < 1.29 is 23.0 Å². The van der Waals surface area contributed by atoms with Crippen molar-refractivity contribution in [1.82, 2.24) is 0 Å². The molecule has 0 fully saturated rings. The van der Waals surface area contributed by atoms with Gasteiger partial charge in [-0.25, -0.2) is 4.21 Å². The van der Waals surface area contributed by atoms with Gasteiger partial charge in [-0.05, 0) is 41.9 Å². The van der Waals surface area contributed by atoms with Crippen molar-refractivity contribution in [2.75, 3.05) is 0 Å². The molecule has 0 amide bonds. The van der Waals surface area contributed by atoms with E-state index < -0.39 is 20.8 Å². The average molecular weight is 401 g/mol. The Bertz CT molecular complexity index is 1160. The summed E-state index contributed by atoms with van der Waals surface area (Å²) in [4.78, 5) is 22.5. The number of allylic oxidation sites excluding steroid dienone is 7. The summed E-state index contributed by atoms with van der Waals surface area (Å²) in [5, 5.41) is 19.0. The molecule has 1 aromatic rings. The van der Waals surface area contributed by atoms with Crippen LogP contribution in [-0.4, -0.2) is 28.9 Å². The monoisotopic (exact) mass is 401 g/mol. The van der Waals surface area contributed by atoms with Crippen LogP contribution in [0, 0.1) is 10.1 Å². The highest BCUT2D eigenvalue weighted by molar-refractivity contribution is 7.92. The summed E-state index contributed by atoms with van der Waals surface area (Å²) in [5.41, 5.74) is 1.57. The fraction of sp³-hybridized carbons (Fsp3) is 0.111. The van der Waals surface area contributed by atoms with E-state index >= 15 is 0 Å². The fourth-order valence-corrected chi connectivity index (χ4v) is 3.20. The third-order valence-electron chi connectivity index (χ3n) is 4.08. The van der Waals surface area contributed by atoms with Crippen LogP contribution in [0.2, 0.25) is 0 Å². The average Bonchev–Trinajstić information content (AvgIpc) is 2.65. The van der Waals surface area contributed by atoms with Crippen molar-refractivity contribution in [1.29, 1.82) is 0 Å². The molecular weight excluding hydrogens is 386 g/mol. The molecule has 0 aromatic heterocycles. The van der Waals surface area contributed by atoms with Gasteiger partial charge in [-0.2, -0.15) is 5.11 Å². The summed E-state index contributed by atoms with van der Waals surface area (Å²) >= 11 is 0. The third-order valence-corrected chi connectivity index (χ3v) is 4.95. The van der Waals surface area contributed by atoms with Gasteiger partial charge in [0.25, 0.3) is 5.69 Å². The zero-order chi connectivity index (χ0) is 20.5. The zero-order valence-electron chi connectivity index (χ0n) is 14.6. The van der Waals surface area contributed by atoms with Crippen molar-refractivity contribution in [2.45, 2.75) is 13.3 Å². The van der Waals surface area contributed by atoms with E-state index in [0.717, 1.165) is 0 Å². The van der Waals surface area contributed by atoms with Crippen LogP contribution in [0.25, 0.3) is 0 Å². The molecule has 1 aromatic carbocycles. The first-order chi connectivity index (χ1) is 13.2. The first-order valence-corrected chi connectivity index (χ1v) is 9.59. The quantitative estimate of drug-likeness (QED) is 0.342. The summed E-state index contributed by atoms with van der Waals surface area (Å²) in [5.74, 6) is -0.432. The molecule has 144 valence electrons. The van der Waals surface area contributed by atoms with Crippen LogP contribution in [-0.2, 0) is 21.3 Å². The number of nitro groups is 1. The number of azo groups is 1. The summed E-state index contributed by atoms with van der Waals surface area (Å²) < 4.78 is 29.9. The largest absolute Gasteiger partial charge is 0.293 e. The summed E-state index contributed by atoms with van der Waals surface area (Å²) in [6, 6.07) is 4.33. The van der Waals surface area contributed by atoms with E-state index in [1.807, 2.05) is 6.92 Å². The molecule has 9 nitrogen and oxygen atoms in total. The van der Waals surface area contributed by atoms with Crippen molar-refractivity contribution in [3.05, 3.63) is 81.1 Å². The number of aryl methyl sites for hydroxylation is 1. The first kappa shape index (κ1) is 19.5. The van der Waals surface area contributed by atoms with Crippen LogP contribution in [0.4, 0.5) is 11.4 Å². The van der Waals surface area contributed by atoms with E-state index in [9.17, 15) is 28.2 Å².